The van der Waals surface area contributed by atoms with Gasteiger partial charge in [-0.25, -0.2) is 4.79 Å². The second kappa shape index (κ2) is 13.3. The lowest BCUT2D eigenvalue weighted by Gasteiger charge is -2.12. The van der Waals surface area contributed by atoms with Crippen molar-refractivity contribution in [2.45, 2.75) is 51.5 Å². The number of ketones is 1. The first-order valence-corrected chi connectivity index (χ1v) is 13.2. The van der Waals surface area contributed by atoms with Crippen molar-refractivity contribution in [2.75, 3.05) is 26.1 Å². The summed E-state index contributed by atoms with van der Waals surface area (Å²) in [5.41, 5.74) is 9.10. The number of rotatable bonds is 14. The first-order valence-electron chi connectivity index (χ1n) is 12.8. The summed E-state index contributed by atoms with van der Waals surface area (Å²) in [6.45, 7) is 1.11. The van der Waals surface area contributed by atoms with Crippen LogP contribution in [0.25, 0.3) is 11.2 Å². The van der Waals surface area contributed by atoms with Crippen molar-refractivity contribution in [1.82, 2.24) is 24.6 Å². The monoisotopic (exact) mass is 570 g/mol. The number of hydrogen-bond donors (Lipinski definition) is 2. The lowest BCUT2D eigenvalue weighted by Crippen LogP contribution is -2.32. The Morgan fingerprint density at radius 2 is 1.73 bits per heavy atom. The molecular weight excluding hydrogens is 540 g/mol. The standard InChI is InChI=1S/C26H30N6O7S/c1-37-13-14-38-25-29-23(27)22-24(30-25)31(26(40)28-22)15-17-7-5-16(6-8-17)9-10-18(33)3-2-4-21(36)39-32-19(34)11-12-20(32)35/h5-8H,2-4,9-15H2,1H3,(H,28,40)(H2,27,29,30). The summed E-state index contributed by atoms with van der Waals surface area (Å²) in [4.78, 5) is 63.6. The van der Waals surface area contributed by atoms with E-state index in [0.717, 1.165) is 11.1 Å². The van der Waals surface area contributed by atoms with Crippen molar-refractivity contribution in [3.63, 3.8) is 0 Å². The number of hydroxylamine groups is 2. The predicted octanol–water partition coefficient (Wildman–Crippen LogP) is 2.42. The van der Waals surface area contributed by atoms with Gasteiger partial charge in [-0.1, -0.05) is 24.3 Å². The van der Waals surface area contributed by atoms with E-state index in [1.165, 1.54) is 0 Å². The minimum absolute atomic E-state index is 0.0103. The van der Waals surface area contributed by atoms with Gasteiger partial charge in [0.05, 0.1) is 13.2 Å². The average molecular weight is 571 g/mol. The van der Waals surface area contributed by atoms with Crippen LogP contribution in [0.15, 0.2) is 24.3 Å². The molecule has 3 N–H and O–H groups in total. The lowest BCUT2D eigenvalue weighted by atomic mass is 10.0. The molecule has 2 amide bonds. The summed E-state index contributed by atoms with van der Waals surface area (Å²) >= 11 is 5.48. The molecule has 1 saturated heterocycles. The van der Waals surface area contributed by atoms with Crippen LogP contribution in [0.2, 0.25) is 0 Å². The van der Waals surface area contributed by atoms with Gasteiger partial charge in [0.15, 0.2) is 16.2 Å². The third-order valence-electron chi connectivity index (χ3n) is 6.24. The Labute approximate surface area is 234 Å². The van der Waals surface area contributed by atoms with Crippen molar-refractivity contribution in [3.8, 4) is 6.01 Å². The number of aryl methyl sites for hydroxylation is 1. The van der Waals surface area contributed by atoms with Crippen molar-refractivity contribution >= 4 is 52.8 Å². The minimum atomic E-state index is -0.703. The maximum atomic E-state index is 12.3. The second-order valence-electron chi connectivity index (χ2n) is 9.20. The molecule has 14 heteroatoms. The number of imide groups is 1. The molecule has 0 unspecified atom stereocenters. The zero-order valence-electron chi connectivity index (χ0n) is 22.0. The van der Waals surface area contributed by atoms with Crippen LogP contribution < -0.4 is 10.5 Å². The number of benzene rings is 1. The molecule has 3 aromatic rings. The number of Topliss-reactive ketones (excluding diaryl/α,β-unsaturated/α-hetero) is 1. The molecule has 40 heavy (non-hydrogen) atoms. The molecule has 0 saturated carbocycles. The van der Waals surface area contributed by atoms with E-state index in [4.69, 9.17) is 32.3 Å². The number of carbonyl (C=O) groups excluding carboxylic acids is 4. The number of carbonyl (C=O) groups is 4. The van der Waals surface area contributed by atoms with E-state index < -0.39 is 17.8 Å². The molecule has 1 aromatic carbocycles. The number of aromatic nitrogens is 4. The number of imidazole rings is 1. The van der Waals surface area contributed by atoms with Crippen LogP contribution in [0, 0.1) is 4.77 Å². The fraction of sp³-hybridized carbons (Fsp3) is 0.423. The largest absolute Gasteiger partial charge is 0.461 e. The molecule has 0 bridgehead atoms. The van der Waals surface area contributed by atoms with Crippen LogP contribution in [-0.2, 0) is 41.7 Å². The van der Waals surface area contributed by atoms with E-state index in [2.05, 4.69) is 15.0 Å². The Kier molecular flexibility index (Phi) is 9.56. The van der Waals surface area contributed by atoms with Gasteiger partial charge in [-0.05, 0) is 36.2 Å². The number of hydrogen-bond acceptors (Lipinski definition) is 11. The third kappa shape index (κ3) is 7.27. The summed E-state index contributed by atoms with van der Waals surface area (Å²) in [5.74, 6) is -1.51. The highest BCUT2D eigenvalue weighted by molar-refractivity contribution is 7.71. The third-order valence-corrected chi connectivity index (χ3v) is 6.56. The summed E-state index contributed by atoms with van der Waals surface area (Å²) < 4.78 is 12.8. The predicted molar refractivity (Wildman–Crippen MR) is 144 cm³/mol. The molecular formula is C26H30N6O7S. The molecule has 212 valence electrons. The van der Waals surface area contributed by atoms with Gasteiger partial charge >= 0.3 is 12.0 Å². The second-order valence-corrected chi connectivity index (χ2v) is 9.59. The van der Waals surface area contributed by atoms with Crippen LogP contribution in [0.5, 0.6) is 6.01 Å². The molecule has 1 aliphatic heterocycles. The van der Waals surface area contributed by atoms with Crippen molar-refractivity contribution in [1.29, 1.82) is 0 Å². The molecule has 0 radical (unpaired) electrons. The fourth-order valence-electron chi connectivity index (χ4n) is 4.10. The van der Waals surface area contributed by atoms with Gasteiger partial charge in [-0.3, -0.25) is 19.0 Å². The molecule has 0 spiro atoms. The van der Waals surface area contributed by atoms with E-state index in [0.29, 0.717) is 47.0 Å². The highest BCUT2D eigenvalue weighted by Crippen LogP contribution is 2.22. The van der Waals surface area contributed by atoms with Crippen molar-refractivity contribution in [2.24, 2.45) is 0 Å². The Balaban J connectivity index is 1.26. The quantitative estimate of drug-likeness (QED) is 0.166. The Morgan fingerprint density at radius 3 is 2.42 bits per heavy atom. The molecule has 1 fully saturated rings. The number of aromatic amines is 1. The van der Waals surface area contributed by atoms with Crippen LogP contribution in [0.1, 0.15) is 49.7 Å². The molecule has 2 aromatic heterocycles. The Hall–Kier alpha value is -4.17. The number of anilines is 1. The maximum absolute atomic E-state index is 12.3. The molecule has 3 heterocycles. The molecule has 4 rings (SSSR count). The smallest absolute Gasteiger partial charge is 0.333 e. The van der Waals surface area contributed by atoms with Gasteiger partial charge < -0.3 is 25.0 Å². The molecule has 1 aliphatic rings. The molecule has 0 atom stereocenters. The summed E-state index contributed by atoms with van der Waals surface area (Å²) in [7, 11) is 1.57. The molecule has 13 nitrogen and oxygen atoms in total. The van der Waals surface area contributed by atoms with Crippen LogP contribution in [-0.4, -0.2) is 68.5 Å². The topological polar surface area (TPSA) is 172 Å². The summed E-state index contributed by atoms with van der Waals surface area (Å²) in [5, 5.41) is 0.514. The number of ether oxygens (including phenoxy) is 2. The number of H-pyrrole nitrogens is 1. The number of nitrogens with zero attached hydrogens (tertiary/aromatic N) is 4. The van der Waals surface area contributed by atoms with Crippen LogP contribution in [0.4, 0.5) is 5.82 Å². The van der Waals surface area contributed by atoms with E-state index in [9.17, 15) is 19.2 Å². The summed E-state index contributed by atoms with van der Waals surface area (Å²) in [6.07, 6.45) is 1.40. The van der Waals surface area contributed by atoms with Gasteiger partial charge in [0.1, 0.15) is 17.9 Å². The fourth-order valence-corrected chi connectivity index (χ4v) is 4.35. The Morgan fingerprint density at radius 1 is 1.02 bits per heavy atom. The van der Waals surface area contributed by atoms with Gasteiger partial charge in [0, 0.05) is 39.2 Å². The average Bonchev–Trinajstić information content (AvgIpc) is 3.42. The first-order chi connectivity index (χ1) is 19.2. The van der Waals surface area contributed by atoms with E-state index in [1.807, 2.05) is 28.8 Å². The first kappa shape index (κ1) is 28.8. The van der Waals surface area contributed by atoms with Crippen LogP contribution >= 0.6 is 12.2 Å². The van der Waals surface area contributed by atoms with E-state index in [-0.39, 0.29) is 56.3 Å². The highest BCUT2D eigenvalue weighted by atomic mass is 32.1. The Bertz CT molecular complexity index is 1450. The van der Waals surface area contributed by atoms with Gasteiger partial charge in [-0.15, -0.1) is 5.06 Å². The SMILES string of the molecule is COCCOc1nc(N)c2[nH]c(=S)n(Cc3ccc(CCC(=O)CCCC(=O)ON4C(=O)CCC4=O)cc3)c2n1. The zero-order valence-corrected chi connectivity index (χ0v) is 22.8. The lowest BCUT2D eigenvalue weighted by molar-refractivity contribution is -0.197. The number of nitrogens with one attached hydrogen (secondary N) is 1. The van der Waals surface area contributed by atoms with Gasteiger partial charge in [-0.2, -0.15) is 9.97 Å². The van der Waals surface area contributed by atoms with E-state index in [1.54, 1.807) is 7.11 Å². The number of nitrogens with two attached hydrogens (primary N) is 1. The number of nitrogen functional groups attached to an aromatic ring is 1. The molecule has 0 aliphatic carbocycles. The maximum Gasteiger partial charge on any atom is 0.333 e. The van der Waals surface area contributed by atoms with Gasteiger partial charge in [0.2, 0.25) is 0 Å². The number of fused-ring (bicyclic) bond motifs is 1. The van der Waals surface area contributed by atoms with E-state index >= 15 is 0 Å². The number of methoxy groups -OCH3 is 1. The minimum Gasteiger partial charge on any atom is -0.461 e. The summed E-state index contributed by atoms with van der Waals surface area (Å²) in [6, 6.07) is 7.95. The normalized spacial score (nSPS) is 13.3. The van der Waals surface area contributed by atoms with Crippen LogP contribution in [0.3, 0.4) is 0 Å². The number of amides is 2. The van der Waals surface area contributed by atoms with Gasteiger partial charge in [0.25, 0.3) is 11.8 Å². The highest BCUT2D eigenvalue weighted by Gasteiger charge is 2.32. The van der Waals surface area contributed by atoms with Crippen molar-refractivity contribution < 1.29 is 33.5 Å². The zero-order chi connectivity index (χ0) is 28.6. The van der Waals surface area contributed by atoms with Crippen molar-refractivity contribution in [3.05, 3.63) is 40.2 Å².